The van der Waals surface area contributed by atoms with E-state index in [-0.39, 0.29) is 0 Å². The summed E-state index contributed by atoms with van der Waals surface area (Å²) in [7, 11) is 0. The molecule has 1 fully saturated rings. The number of nitrogens with one attached hydrogen (secondary N) is 1. The van der Waals surface area contributed by atoms with Crippen LogP contribution in [0.25, 0.3) is 0 Å². The van der Waals surface area contributed by atoms with E-state index in [2.05, 4.69) is 23.1 Å². The minimum Gasteiger partial charge on any atom is -0.317 e. The lowest BCUT2D eigenvalue weighted by Gasteiger charge is -2.32. The van der Waals surface area contributed by atoms with Crippen LogP contribution in [0.1, 0.15) is 26.2 Å². The van der Waals surface area contributed by atoms with Gasteiger partial charge in [-0.05, 0) is 38.4 Å². The Bertz CT molecular complexity index is 183. The normalized spacial score (nSPS) is 23.3. The summed E-state index contributed by atoms with van der Waals surface area (Å²) in [4.78, 5) is 2.51. The van der Waals surface area contributed by atoms with E-state index in [0.29, 0.717) is 0 Å². The number of terminal acetylenes is 1. The summed E-state index contributed by atoms with van der Waals surface area (Å²) in [6.07, 6.45) is 8.88. The first kappa shape index (κ1) is 11.6. The first-order valence-electron chi connectivity index (χ1n) is 5.73. The van der Waals surface area contributed by atoms with Gasteiger partial charge in [-0.25, -0.2) is 0 Å². The van der Waals surface area contributed by atoms with Gasteiger partial charge in [-0.15, -0.1) is 12.3 Å². The highest BCUT2D eigenvalue weighted by atomic mass is 15.1. The Hall–Kier alpha value is -0.520. The number of hydrogen-bond donors (Lipinski definition) is 1. The fraction of sp³-hybridized carbons (Fsp3) is 0.833. The van der Waals surface area contributed by atoms with Crippen molar-refractivity contribution in [1.82, 2.24) is 10.2 Å². The Morgan fingerprint density at radius 3 is 3.14 bits per heavy atom. The molecule has 1 heterocycles. The predicted octanol–water partition coefficient (Wildman–Crippen LogP) is 1.33. The second kappa shape index (κ2) is 6.86. The Kier molecular flexibility index (Phi) is 5.66. The number of likely N-dealkylation sites (tertiary alicyclic amines) is 1. The van der Waals surface area contributed by atoms with Crippen molar-refractivity contribution in [3.8, 4) is 12.3 Å². The third-order valence-corrected chi connectivity index (χ3v) is 2.86. The fourth-order valence-corrected chi connectivity index (χ4v) is 2.09. The van der Waals surface area contributed by atoms with E-state index in [4.69, 9.17) is 6.42 Å². The second-order valence-electron chi connectivity index (χ2n) is 4.07. The molecule has 0 bridgehead atoms. The topological polar surface area (TPSA) is 15.3 Å². The molecule has 0 amide bonds. The zero-order valence-corrected chi connectivity index (χ0v) is 9.26. The van der Waals surface area contributed by atoms with Crippen LogP contribution in [0.2, 0.25) is 0 Å². The summed E-state index contributed by atoms with van der Waals surface area (Å²) in [5.74, 6) is 3.55. The minimum absolute atomic E-state index is 0.835. The molecule has 14 heavy (non-hydrogen) atoms. The van der Waals surface area contributed by atoms with E-state index < -0.39 is 0 Å². The minimum atomic E-state index is 0.835. The number of piperidine rings is 1. The van der Waals surface area contributed by atoms with Crippen molar-refractivity contribution in [3.05, 3.63) is 0 Å². The molecule has 1 aliphatic rings. The molecule has 1 atom stereocenters. The van der Waals surface area contributed by atoms with Crippen molar-refractivity contribution >= 4 is 0 Å². The van der Waals surface area contributed by atoms with Gasteiger partial charge in [0.15, 0.2) is 0 Å². The SMILES string of the molecule is C#CCCN1CCCC(CNCC)C1. The molecule has 1 rings (SSSR count). The van der Waals surface area contributed by atoms with Crippen LogP contribution in [0.15, 0.2) is 0 Å². The van der Waals surface area contributed by atoms with Crippen molar-refractivity contribution in [2.45, 2.75) is 26.2 Å². The monoisotopic (exact) mass is 194 g/mol. The van der Waals surface area contributed by atoms with Crippen LogP contribution in [-0.4, -0.2) is 37.6 Å². The Balaban J connectivity index is 2.18. The molecule has 80 valence electrons. The van der Waals surface area contributed by atoms with E-state index in [0.717, 1.165) is 25.4 Å². The van der Waals surface area contributed by atoms with Crippen LogP contribution in [0.4, 0.5) is 0 Å². The third kappa shape index (κ3) is 4.13. The first-order chi connectivity index (χ1) is 6.86. The van der Waals surface area contributed by atoms with Crippen LogP contribution in [0.3, 0.4) is 0 Å². The summed E-state index contributed by atoms with van der Waals surface area (Å²) < 4.78 is 0. The molecule has 1 aliphatic heterocycles. The van der Waals surface area contributed by atoms with Gasteiger partial charge in [-0.2, -0.15) is 0 Å². The quantitative estimate of drug-likeness (QED) is 0.664. The molecule has 2 nitrogen and oxygen atoms in total. The van der Waals surface area contributed by atoms with Crippen LogP contribution in [0.5, 0.6) is 0 Å². The molecule has 2 heteroatoms. The highest BCUT2D eigenvalue weighted by Crippen LogP contribution is 2.15. The van der Waals surface area contributed by atoms with Crippen molar-refractivity contribution in [2.75, 3.05) is 32.7 Å². The Morgan fingerprint density at radius 1 is 1.57 bits per heavy atom. The average molecular weight is 194 g/mol. The maximum atomic E-state index is 5.27. The Labute approximate surface area is 88.1 Å². The lowest BCUT2D eigenvalue weighted by Crippen LogP contribution is -2.39. The van der Waals surface area contributed by atoms with Crippen LogP contribution in [0, 0.1) is 18.3 Å². The van der Waals surface area contributed by atoms with E-state index in [1.807, 2.05) is 0 Å². The lowest BCUT2D eigenvalue weighted by atomic mass is 9.98. The highest BCUT2D eigenvalue weighted by Gasteiger charge is 2.18. The van der Waals surface area contributed by atoms with Crippen LogP contribution >= 0.6 is 0 Å². The zero-order valence-electron chi connectivity index (χ0n) is 9.26. The summed E-state index contributed by atoms with van der Waals surface area (Å²) in [5, 5.41) is 3.43. The molecule has 0 aromatic heterocycles. The van der Waals surface area contributed by atoms with Gasteiger partial charge in [0, 0.05) is 19.5 Å². The highest BCUT2D eigenvalue weighted by molar-refractivity contribution is 4.86. The molecule has 1 saturated heterocycles. The van der Waals surface area contributed by atoms with Gasteiger partial charge < -0.3 is 10.2 Å². The lowest BCUT2D eigenvalue weighted by molar-refractivity contribution is 0.176. The molecule has 0 saturated carbocycles. The van der Waals surface area contributed by atoms with E-state index in [1.54, 1.807) is 0 Å². The van der Waals surface area contributed by atoms with Crippen molar-refractivity contribution < 1.29 is 0 Å². The molecule has 0 spiro atoms. The average Bonchev–Trinajstić information content (AvgIpc) is 2.24. The summed E-state index contributed by atoms with van der Waals surface area (Å²) in [6.45, 7) is 7.97. The molecule has 0 aromatic rings. The number of nitrogens with zero attached hydrogens (tertiary/aromatic N) is 1. The largest absolute Gasteiger partial charge is 0.317 e. The van der Waals surface area contributed by atoms with Gasteiger partial charge in [0.25, 0.3) is 0 Å². The molecule has 0 aliphatic carbocycles. The molecule has 0 radical (unpaired) electrons. The third-order valence-electron chi connectivity index (χ3n) is 2.86. The summed E-state index contributed by atoms with van der Waals surface area (Å²) >= 11 is 0. The first-order valence-corrected chi connectivity index (χ1v) is 5.73. The number of rotatable bonds is 5. The maximum Gasteiger partial charge on any atom is 0.0214 e. The molecule has 1 unspecified atom stereocenters. The van der Waals surface area contributed by atoms with Gasteiger partial charge in [-0.1, -0.05) is 6.92 Å². The van der Waals surface area contributed by atoms with Gasteiger partial charge in [0.2, 0.25) is 0 Å². The smallest absolute Gasteiger partial charge is 0.0214 e. The van der Waals surface area contributed by atoms with Crippen LogP contribution in [-0.2, 0) is 0 Å². The van der Waals surface area contributed by atoms with Gasteiger partial charge in [0.1, 0.15) is 0 Å². The molecule has 1 N–H and O–H groups in total. The maximum absolute atomic E-state index is 5.27. The Morgan fingerprint density at radius 2 is 2.43 bits per heavy atom. The van der Waals surface area contributed by atoms with E-state index in [1.165, 1.54) is 32.5 Å². The van der Waals surface area contributed by atoms with Crippen molar-refractivity contribution in [1.29, 1.82) is 0 Å². The van der Waals surface area contributed by atoms with Gasteiger partial charge in [-0.3, -0.25) is 0 Å². The summed E-state index contributed by atoms with van der Waals surface area (Å²) in [6, 6.07) is 0. The van der Waals surface area contributed by atoms with Crippen LogP contribution < -0.4 is 5.32 Å². The predicted molar refractivity (Wildman–Crippen MR) is 61.2 cm³/mol. The molecular weight excluding hydrogens is 172 g/mol. The van der Waals surface area contributed by atoms with Gasteiger partial charge in [0.05, 0.1) is 0 Å². The fourth-order valence-electron chi connectivity index (χ4n) is 2.09. The number of hydrogen-bond acceptors (Lipinski definition) is 2. The van der Waals surface area contributed by atoms with E-state index >= 15 is 0 Å². The summed E-state index contributed by atoms with van der Waals surface area (Å²) in [5.41, 5.74) is 0. The zero-order chi connectivity index (χ0) is 10.2. The van der Waals surface area contributed by atoms with Gasteiger partial charge >= 0.3 is 0 Å². The second-order valence-corrected chi connectivity index (χ2v) is 4.07. The van der Waals surface area contributed by atoms with Crippen molar-refractivity contribution in [2.24, 2.45) is 5.92 Å². The standard InChI is InChI=1S/C12H22N2/c1-3-5-8-14-9-6-7-12(11-14)10-13-4-2/h1,12-13H,4-11H2,2H3. The van der Waals surface area contributed by atoms with E-state index in [9.17, 15) is 0 Å². The molecular formula is C12H22N2. The molecule has 0 aromatic carbocycles. The van der Waals surface area contributed by atoms with Crippen molar-refractivity contribution in [3.63, 3.8) is 0 Å².